The molecule has 3 aliphatic rings. The number of rotatable bonds is 3. The number of benzene rings is 1. The minimum Gasteiger partial charge on any atom is -0.479 e. The van der Waals surface area contributed by atoms with Gasteiger partial charge in [-0.15, -0.1) is 0 Å². The molecular weight excluding hydrogens is 338 g/mol. The minimum absolute atomic E-state index is 0.105. The number of Topliss-reactive ketones (excluding diaryl/α,β-unsaturated/α-hetero) is 1. The maximum Gasteiger partial charge on any atom is 0.254 e. The number of aryl methyl sites for hydroxylation is 1. The average Bonchev–Trinajstić information content (AvgIpc) is 2.60. The van der Waals surface area contributed by atoms with Crippen molar-refractivity contribution in [3.05, 3.63) is 28.8 Å². The predicted molar refractivity (Wildman–Crippen MR) is 105 cm³/mol. The molecule has 0 radical (unpaired) electrons. The van der Waals surface area contributed by atoms with Gasteiger partial charge in [0.05, 0.1) is 0 Å². The Hall–Kier alpha value is -1.84. The average molecular weight is 370 g/mol. The fourth-order valence-electron chi connectivity index (χ4n) is 4.99. The molecule has 0 saturated heterocycles. The molecule has 2 aliphatic carbocycles. The third kappa shape index (κ3) is 3.17. The molecule has 4 nitrogen and oxygen atoms in total. The molecule has 1 amide bonds. The molecule has 4 rings (SSSR count). The summed E-state index contributed by atoms with van der Waals surface area (Å²) >= 11 is 0. The van der Waals surface area contributed by atoms with Gasteiger partial charge < -0.3 is 9.64 Å². The number of hydrogen-bond donors (Lipinski definition) is 0. The van der Waals surface area contributed by atoms with E-state index in [0.29, 0.717) is 12.5 Å². The highest BCUT2D eigenvalue weighted by Gasteiger charge is 2.49. The summed E-state index contributed by atoms with van der Waals surface area (Å²) in [5.74, 6) is 1.09. The van der Waals surface area contributed by atoms with E-state index in [2.05, 4.69) is 18.7 Å². The lowest BCUT2D eigenvalue weighted by Gasteiger charge is -2.44. The lowest BCUT2D eigenvalue weighted by Crippen LogP contribution is -2.53. The van der Waals surface area contributed by atoms with Crippen LogP contribution in [0.25, 0.3) is 0 Å². The summed E-state index contributed by atoms with van der Waals surface area (Å²) in [7, 11) is 0. The van der Waals surface area contributed by atoms with Crippen LogP contribution in [0.4, 0.5) is 0 Å². The van der Waals surface area contributed by atoms with Crippen molar-refractivity contribution in [1.29, 1.82) is 0 Å². The molecular formula is C23H31NO3. The summed E-state index contributed by atoms with van der Waals surface area (Å²) in [6, 6.07) is 4.41. The number of fused-ring (bicyclic) bond motifs is 1. The summed E-state index contributed by atoms with van der Waals surface area (Å²) in [6.45, 7) is 6.20. The van der Waals surface area contributed by atoms with Crippen molar-refractivity contribution in [2.75, 3.05) is 0 Å². The van der Waals surface area contributed by atoms with Crippen LogP contribution in [0.1, 0.15) is 86.7 Å². The number of carbonyl (C=O) groups is 2. The summed E-state index contributed by atoms with van der Waals surface area (Å²) in [5.41, 5.74) is 1.98. The molecule has 1 aliphatic heterocycles. The van der Waals surface area contributed by atoms with Crippen molar-refractivity contribution in [3.8, 4) is 5.75 Å². The van der Waals surface area contributed by atoms with Crippen LogP contribution in [0.5, 0.6) is 5.75 Å². The molecule has 1 aromatic carbocycles. The summed E-state index contributed by atoms with van der Waals surface area (Å²) < 4.78 is 6.13. The van der Waals surface area contributed by atoms with Crippen LogP contribution in [-0.4, -0.2) is 34.3 Å². The fraction of sp³-hybridized carbons (Fsp3) is 0.652. The molecule has 146 valence electrons. The lowest BCUT2D eigenvalue weighted by atomic mass is 9.73. The zero-order chi connectivity index (χ0) is 19.2. The number of carbonyl (C=O) groups excluding carboxylic acids is 2. The van der Waals surface area contributed by atoms with E-state index in [4.69, 9.17) is 4.74 Å². The predicted octanol–water partition coefficient (Wildman–Crippen LogP) is 4.61. The normalized spacial score (nSPS) is 21.6. The zero-order valence-corrected chi connectivity index (χ0v) is 16.8. The van der Waals surface area contributed by atoms with E-state index >= 15 is 0 Å². The van der Waals surface area contributed by atoms with Crippen LogP contribution in [0.2, 0.25) is 0 Å². The molecule has 0 atom stereocenters. The van der Waals surface area contributed by atoms with Crippen LogP contribution in [0.3, 0.4) is 0 Å². The Labute approximate surface area is 162 Å². The van der Waals surface area contributed by atoms with Gasteiger partial charge in [0.1, 0.15) is 5.75 Å². The fourth-order valence-corrected chi connectivity index (χ4v) is 4.99. The number of nitrogens with zero attached hydrogens (tertiary/aromatic N) is 1. The van der Waals surface area contributed by atoms with Crippen molar-refractivity contribution in [3.63, 3.8) is 0 Å². The molecule has 0 N–H and O–H groups in total. The molecule has 0 bridgehead atoms. The molecule has 4 heteroatoms. The maximum absolute atomic E-state index is 13.5. The third-order valence-electron chi connectivity index (χ3n) is 6.72. The minimum atomic E-state index is -0.572. The Morgan fingerprint density at radius 3 is 2.44 bits per heavy atom. The third-order valence-corrected chi connectivity index (χ3v) is 6.72. The summed E-state index contributed by atoms with van der Waals surface area (Å²) in [5, 5.41) is 0. The van der Waals surface area contributed by atoms with E-state index in [1.165, 1.54) is 19.3 Å². The van der Waals surface area contributed by atoms with Gasteiger partial charge in [0.15, 0.2) is 11.4 Å². The quantitative estimate of drug-likeness (QED) is 0.782. The van der Waals surface area contributed by atoms with Gasteiger partial charge in [0.25, 0.3) is 5.91 Å². The first-order valence-corrected chi connectivity index (χ1v) is 10.6. The van der Waals surface area contributed by atoms with E-state index in [9.17, 15) is 9.59 Å². The molecule has 1 aromatic rings. The van der Waals surface area contributed by atoms with E-state index in [1.54, 1.807) is 0 Å². The SMILES string of the molecule is Cc1cc2c(cc1C(=O)N(C(C)C)C1CCCCC1)CC(=O)C1(CCC1)O2. The van der Waals surface area contributed by atoms with Crippen LogP contribution in [-0.2, 0) is 11.2 Å². The van der Waals surface area contributed by atoms with Gasteiger partial charge in [0.2, 0.25) is 0 Å². The standard InChI is InChI=1S/C23H31NO3/c1-15(2)24(18-8-5-4-6-9-18)22(26)19-13-17-14-21(25)23(10-7-11-23)27-20(17)12-16(19)3/h12-13,15,18H,4-11,14H2,1-3H3. The van der Waals surface area contributed by atoms with Crippen molar-refractivity contribution in [1.82, 2.24) is 4.90 Å². The van der Waals surface area contributed by atoms with Crippen molar-refractivity contribution < 1.29 is 14.3 Å². The Bertz CT molecular complexity index is 757. The Kier molecular flexibility index (Phi) is 4.77. The molecule has 1 heterocycles. The van der Waals surface area contributed by atoms with E-state index in [-0.39, 0.29) is 17.7 Å². The highest BCUT2D eigenvalue weighted by molar-refractivity contribution is 5.98. The van der Waals surface area contributed by atoms with Gasteiger partial charge in [-0.1, -0.05) is 19.3 Å². The second-order valence-electron chi connectivity index (χ2n) is 8.92. The first kappa shape index (κ1) is 18.5. The molecule has 1 spiro atoms. The molecule has 2 saturated carbocycles. The van der Waals surface area contributed by atoms with Crippen LogP contribution < -0.4 is 4.74 Å². The van der Waals surface area contributed by atoms with Crippen molar-refractivity contribution >= 4 is 11.7 Å². The van der Waals surface area contributed by atoms with Gasteiger partial charge in [0, 0.05) is 29.6 Å². The Morgan fingerprint density at radius 1 is 1.15 bits per heavy atom. The second kappa shape index (κ2) is 6.96. The van der Waals surface area contributed by atoms with Crippen LogP contribution in [0.15, 0.2) is 12.1 Å². The summed E-state index contributed by atoms with van der Waals surface area (Å²) in [4.78, 5) is 28.1. The van der Waals surface area contributed by atoms with Gasteiger partial charge >= 0.3 is 0 Å². The number of ether oxygens (including phenoxy) is 1. The van der Waals surface area contributed by atoms with Crippen molar-refractivity contribution in [2.24, 2.45) is 0 Å². The first-order valence-electron chi connectivity index (χ1n) is 10.6. The topological polar surface area (TPSA) is 46.6 Å². The number of amides is 1. The molecule has 0 unspecified atom stereocenters. The highest BCUT2D eigenvalue weighted by Crippen LogP contribution is 2.43. The van der Waals surface area contributed by atoms with Gasteiger partial charge in [-0.25, -0.2) is 0 Å². The largest absolute Gasteiger partial charge is 0.479 e. The van der Waals surface area contributed by atoms with E-state index in [1.807, 2.05) is 19.1 Å². The maximum atomic E-state index is 13.5. The molecule has 2 fully saturated rings. The number of hydrogen-bond acceptors (Lipinski definition) is 3. The molecule has 0 aromatic heterocycles. The monoisotopic (exact) mass is 369 g/mol. The van der Waals surface area contributed by atoms with E-state index in [0.717, 1.165) is 54.5 Å². The Balaban J connectivity index is 1.64. The van der Waals surface area contributed by atoms with Gasteiger partial charge in [-0.3, -0.25) is 9.59 Å². The summed E-state index contributed by atoms with van der Waals surface area (Å²) in [6.07, 6.45) is 8.97. The smallest absolute Gasteiger partial charge is 0.254 e. The van der Waals surface area contributed by atoms with Gasteiger partial charge in [-0.05, 0) is 70.6 Å². The Morgan fingerprint density at radius 2 is 1.85 bits per heavy atom. The van der Waals surface area contributed by atoms with Crippen molar-refractivity contribution in [2.45, 2.75) is 96.2 Å². The lowest BCUT2D eigenvalue weighted by molar-refractivity contribution is -0.143. The highest BCUT2D eigenvalue weighted by atomic mass is 16.5. The van der Waals surface area contributed by atoms with E-state index < -0.39 is 5.60 Å². The first-order chi connectivity index (χ1) is 12.9. The number of ketones is 1. The molecule has 27 heavy (non-hydrogen) atoms. The zero-order valence-electron chi connectivity index (χ0n) is 16.8. The second-order valence-corrected chi connectivity index (χ2v) is 8.92. The van der Waals surface area contributed by atoms with Crippen LogP contribution in [0, 0.1) is 6.92 Å². The van der Waals surface area contributed by atoms with Crippen LogP contribution >= 0.6 is 0 Å². The van der Waals surface area contributed by atoms with Gasteiger partial charge in [-0.2, -0.15) is 0 Å².